The van der Waals surface area contributed by atoms with Crippen LogP contribution in [-0.4, -0.2) is 46.9 Å². The van der Waals surface area contributed by atoms with Gasteiger partial charge in [0.2, 0.25) is 0 Å². The molecule has 0 spiro atoms. The van der Waals surface area contributed by atoms with Gasteiger partial charge in [-0.25, -0.2) is 0 Å². The number of likely N-dealkylation sites (tertiary alicyclic amines) is 1. The first-order chi connectivity index (χ1) is 8.33. The van der Waals surface area contributed by atoms with E-state index in [0.717, 1.165) is 6.54 Å². The van der Waals surface area contributed by atoms with Crippen LogP contribution in [0.1, 0.15) is 53.4 Å². The second kappa shape index (κ2) is 5.10. The lowest BCUT2D eigenvalue weighted by Crippen LogP contribution is -2.43. The van der Waals surface area contributed by atoms with E-state index in [1.165, 1.54) is 38.8 Å². The Balaban J connectivity index is 2.02. The molecule has 2 unspecified atom stereocenters. The molecule has 2 atom stereocenters. The van der Waals surface area contributed by atoms with Crippen LogP contribution in [0.2, 0.25) is 0 Å². The van der Waals surface area contributed by atoms with Crippen LogP contribution in [0.4, 0.5) is 0 Å². The van der Waals surface area contributed by atoms with Crippen molar-refractivity contribution in [2.45, 2.75) is 70.7 Å². The zero-order chi connectivity index (χ0) is 13.4. The van der Waals surface area contributed by atoms with E-state index in [-0.39, 0.29) is 17.6 Å². The topological polar surface area (TPSA) is 32.7 Å². The molecule has 2 aliphatic heterocycles. The molecule has 0 aromatic carbocycles. The molecule has 2 fully saturated rings. The molecule has 0 amide bonds. The summed E-state index contributed by atoms with van der Waals surface area (Å²) in [6.45, 7) is 11.6. The quantitative estimate of drug-likeness (QED) is 0.822. The van der Waals surface area contributed by atoms with Crippen LogP contribution in [0, 0.1) is 5.92 Å². The van der Waals surface area contributed by atoms with Crippen LogP contribution in [-0.2, 0) is 4.74 Å². The number of nitrogens with zero attached hydrogens (tertiary/aromatic N) is 1. The van der Waals surface area contributed by atoms with Gasteiger partial charge in [0.15, 0.2) is 0 Å². The first-order valence-corrected chi connectivity index (χ1v) is 7.43. The van der Waals surface area contributed by atoms with E-state index in [2.05, 4.69) is 18.7 Å². The van der Waals surface area contributed by atoms with Crippen LogP contribution in [0.25, 0.3) is 0 Å². The van der Waals surface area contributed by atoms with E-state index < -0.39 is 5.60 Å². The van der Waals surface area contributed by atoms with Crippen molar-refractivity contribution < 1.29 is 9.84 Å². The largest absolute Gasteiger partial charge is 0.390 e. The molecular formula is C15H29NO2. The zero-order valence-electron chi connectivity index (χ0n) is 12.4. The predicted octanol–water partition coefficient (Wildman–Crippen LogP) is 2.43. The molecule has 106 valence electrons. The van der Waals surface area contributed by atoms with Gasteiger partial charge in [0.1, 0.15) is 0 Å². The molecule has 0 radical (unpaired) electrons. The van der Waals surface area contributed by atoms with Crippen LogP contribution in [0.15, 0.2) is 0 Å². The number of hydrogen-bond donors (Lipinski definition) is 1. The standard InChI is InChI=1S/C15H29NO2/c1-14(2)12(13(17)15(3,4)18-14)11-16-9-7-5-6-8-10-16/h12-13,17H,5-11H2,1-4H3. The maximum absolute atomic E-state index is 10.5. The summed E-state index contributed by atoms with van der Waals surface area (Å²) in [6, 6.07) is 0. The van der Waals surface area contributed by atoms with Crippen LogP contribution < -0.4 is 0 Å². The molecule has 3 heteroatoms. The van der Waals surface area contributed by atoms with Crippen LogP contribution in [0.3, 0.4) is 0 Å². The third-order valence-electron chi connectivity index (χ3n) is 4.67. The summed E-state index contributed by atoms with van der Waals surface area (Å²) >= 11 is 0. The number of hydrogen-bond acceptors (Lipinski definition) is 3. The average molecular weight is 255 g/mol. The van der Waals surface area contributed by atoms with Gasteiger partial charge in [-0.1, -0.05) is 12.8 Å². The first-order valence-electron chi connectivity index (χ1n) is 7.43. The highest BCUT2D eigenvalue weighted by molar-refractivity contribution is 5.02. The highest BCUT2D eigenvalue weighted by Crippen LogP contribution is 2.42. The molecule has 1 N–H and O–H groups in total. The van der Waals surface area contributed by atoms with Crippen molar-refractivity contribution in [2.75, 3.05) is 19.6 Å². The van der Waals surface area contributed by atoms with Crippen molar-refractivity contribution >= 4 is 0 Å². The molecule has 0 aromatic heterocycles. The summed E-state index contributed by atoms with van der Waals surface area (Å²) in [4.78, 5) is 2.52. The second-order valence-electron chi connectivity index (χ2n) is 7.08. The lowest BCUT2D eigenvalue weighted by atomic mass is 9.84. The Hall–Kier alpha value is -0.120. The lowest BCUT2D eigenvalue weighted by molar-refractivity contribution is -0.0913. The monoisotopic (exact) mass is 255 g/mol. The molecule has 2 rings (SSSR count). The van der Waals surface area contributed by atoms with Crippen molar-refractivity contribution in [2.24, 2.45) is 5.92 Å². The Morgan fingerprint density at radius 2 is 1.56 bits per heavy atom. The van der Waals surface area contributed by atoms with Gasteiger partial charge < -0.3 is 14.7 Å². The fourth-order valence-corrected chi connectivity index (χ4v) is 3.60. The Bertz CT molecular complexity index is 280. The van der Waals surface area contributed by atoms with Crippen molar-refractivity contribution in [1.29, 1.82) is 0 Å². The molecular weight excluding hydrogens is 226 g/mol. The minimum Gasteiger partial charge on any atom is -0.390 e. The molecule has 0 aliphatic carbocycles. The van der Waals surface area contributed by atoms with Crippen molar-refractivity contribution in [3.8, 4) is 0 Å². The highest BCUT2D eigenvalue weighted by atomic mass is 16.5. The van der Waals surface area contributed by atoms with E-state index in [0.29, 0.717) is 0 Å². The van der Waals surface area contributed by atoms with E-state index in [1.807, 2.05) is 13.8 Å². The maximum atomic E-state index is 10.5. The average Bonchev–Trinajstić information content (AvgIpc) is 2.49. The molecule has 2 saturated heterocycles. The summed E-state index contributed by atoms with van der Waals surface area (Å²) in [5, 5.41) is 10.5. The van der Waals surface area contributed by atoms with Gasteiger partial charge in [0.25, 0.3) is 0 Å². The number of aliphatic hydroxyl groups is 1. The molecule has 0 aromatic rings. The first kappa shape index (κ1) is 14.3. The minimum atomic E-state index is -0.417. The fraction of sp³-hybridized carbons (Fsp3) is 1.00. The summed E-state index contributed by atoms with van der Waals surface area (Å²) in [6.07, 6.45) is 4.95. The Kier molecular flexibility index (Phi) is 4.05. The normalized spacial score (nSPS) is 36.5. The number of rotatable bonds is 2. The molecule has 2 aliphatic rings. The van der Waals surface area contributed by atoms with Gasteiger partial charge in [-0.05, 0) is 53.6 Å². The SMILES string of the molecule is CC1(C)OC(C)(C)C(CN2CCCCCC2)C1O. The lowest BCUT2D eigenvalue weighted by Gasteiger charge is -2.32. The van der Waals surface area contributed by atoms with E-state index >= 15 is 0 Å². The van der Waals surface area contributed by atoms with Crippen molar-refractivity contribution in [3.05, 3.63) is 0 Å². The third-order valence-corrected chi connectivity index (χ3v) is 4.67. The number of aliphatic hydroxyl groups excluding tert-OH is 1. The summed E-state index contributed by atoms with van der Waals surface area (Å²) in [7, 11) is 0. The van der Waals surface area contributed by atoms with Gasteiger partial charge in [-0.3, -0.25) is 0 Å². The molecule has 18 heavy (non-hydrogen) atoms. The minimum absolute atomic E-state index is 0.214. The zero-order valence-corrected chi connectivity index (χ0v) is 12.4. The third kappa shape index (κ3) is 2.89. The van der Waals surface area contributed by atoms with E-state index in [1.54, 1.807) is 0 Å². The van der Waals surface area contributed by atoms with Crippen molar-refractivity contribution in [1.82, 2.24) is 4.90 Å². The Morgan fingerprint density at radius 3 is 2.00 bits per heavy atom. The van der Waals surface area contributed by atoms with Gasteiger partial charge >= 0.3 is 0 Å². The Morgan fingerprint density at radius 1 is 1.00 bits per heavy atom. The van der Waals surface area contributed by atoms with Gasteiger partial charge in [-0.2, -0.15) is 0 Å². The van der Waals surface area contributed by atoms with E-state index in [9.17, 15) is 5.11 Å². The molecule has 0 bridgehead atoms. The Labute approximate surface area is 112 Å². The molecule has 3 nitrogen and oxygen atoms in total. The van der Waals surface area contributed by atoms with E-state index in [4.69, 9.17) is 4.74 Å². The predicted molar refractivity (Wildman–Crippen MR) is 73.6 cm³/mol. The van der Waals surface area contributed by atoms with Crippen LogP contribution in [0.5, 0.6) is 0 Å². The van der Waals surface area contributed by atoms with Crippen LogP contribution >= 0.6 is 0 Å². The molecule has 0 saturated carbocycles. The fourth-order valence-electron chi connectivity index (χ4n) is 3.60. The highest BCUT2D eigenvalue weighted by Gasteiger charge is 2.53. The maximum Gasteiger partial charge on any atom is 0.0896 e. The smallest absolute Gasteiger partial charge is 0.0896 e. The summed E-state index contributed by atoms with van der Waals surface area (Å²) < 4.78 is 6.06. The van der Waals surface area contributed by atoms with Gasteiger partial charge in [0.05, 0.1) is 17.3 Å². The van der Waals surface area contributed by atoms with Gasteiger partial charge in [0, 0.05) is 12.5 Å². The summed E-state index contributed by atoms with van der Waals surface area (Å²) in [5.74, 6) is 0.214. The molecule has 2 heterocycles. The summed E-state index contributed by atoms with van der Waals surface area (Å²) in [5.41, 5.74) is -0.644. The second-order valence-corrected chi connectivity index (χ2v) is 7.08. The van der Waals surface area contributed by atoms with Gasteiger partial charge in [-0.15, -0.1) is 0 Å². The van der Waals surface area contributed by atoms with Crippen molar-refractivity contribution in [3.63, 3.8) is 0 Å². The number of ether oxygens (including phenoxy) is 1.